The Morgan fingerprint density at radius 1 is 1.06 bits per heavy atom. The Hall–Kier alpha value is -3.69. The zero-order valence-electron chi connectivity index (χ0n) is 18.3. The van der Waals surface area contributed by atoms with Crippen LogP contribution in [0.3, 0.4) is 0 Å². The number of hydrogen-bond acceptors (Lipinski definition) is 9. The van der Waals surface area contributed by atoms with Crippen molar-refractivity contribution in [3.63, 3.8) is 0 Å². The number of sulfonamides is 1. The summed E-state index contributed by atoms with van der Waals surface area (Å²) in [4.78, 5) is 21.8. The lowest BCUT2D eigenvalue weighted by molar-refractivity contribution is -0.219. The van der Waals surface area contributed by atoms with Crippen molar-refractivity contribution in [3.8, 4) is 5.75 Å². The number of rotatable bonds is 8. The van der Waals surface area contributed by atoms with Crippen molar-refractivity contribution in [1.29, 1.82) is 0 Å². The maximum atomic E-state index is 14.6. The molecule has 10 nitrogen and oxygen atoms in total. The van der Waals surface area contributed by atoms with E-state index < -0.39 is 37.4 Å². The molecule has 0 saturated carbocycles. The molecule has 1 heterocycles. The molecule has 192 valence electrons. The van der Waals surface area contributed by atoms with E-state index in [1.165, 1.54) is 19.5 Å². The van der Waals surface area contributed by atoms with E-state index in [9.17, 15) is 30.8 Å². The number of hydroxylamine groups is 1. The molecule has 0 radical (unpaired) electrons. The summed E-state index contributed by atoms with van der Waals surface area (Å²) in [7, 11) is -3.37. The molecular formula is C20H16ClF4N5O5S. The highest BCUT2D eigenvalue weighted by molar-refractivity contribution is 7.89. The number of aromatic nitrogens is 2. The van der Waals surface area contributed by atoms with Gasteiger partial charge in [0, 0.05) is 29.9 Å². The van der Waals surface area contributed by atoms with Crippen LogP contribution in [0.4, 0.5) is 40.6 Å². The number of nitrogens with one attached hydrogen (secondary N) is 2. The Morgan fingerprint density at radius 3 is 2.25 bits per heavy atom. The molecule has 0 bridgehead atoms. The van der Waals surface area contributed by atoms with Crippen LogP contribution in [0.5, 0.6) is 5.75 Å². The zero-order chi connectivity index (χ0) is 26.7. The molecule has 3 rings (SSSR count). The van der Waals surface area contributed by atoms with Crippen molar-refractivity contribution in [3.05, 3.63) is 59.6 Å². The Kier molecular flexibility index (Phi) is 7.86. The lowest BCUT2D eigenvalue weighted by Crippen LogP contribution is -2.36. The first-order chi connectivity index (χ1) is 16.8. The summed E-state index contributed by atoms with van der Waals surface area (Å²) >= 11 is 5.86. The summed E-state index contributed by atoms with van der Waals surface area (Å²) in [6.45, 7) is 0. The summed E-state index contributed by atoms with van der Waals surface area (Å²) in [6.07, 6.45) is -4.29. The molecule has 0 aliphatic heterocycles. The molecule has 0 atom stereocenters. The van der Waals surface area contributed by atoms with Crippen molar-refractivity contribution in [2.75, 3.05) is 24.8 Å². The molecule has 36 heavy (non-hydrogen) atoms. The summed E-state index contributed by atoms with van der Waals surface area (Å²) in [5, 5.41) is 6.25. The molecule has 2 N–H and O–H groups in total. The number of hydrogen-bond donors (Lipinski definition) is 2. The number of nitrogens with zero attached hydrogens (tertiary/aromatic N) is 3. The Balaban J connectivity index is 1.91. The molecule has 0 saturated heterocycles. The Labute approximate surface area is 206 Å². The number of halogens is 5. The van der Waals surface area contributed by atoms with Crippen LogP contribution in [0.2, 0.25) is 5.02 Å². The van der Waals surface area contributed by atoms with Gasteiger partial charge in [-0.2, -0.15) is 13.2 Å². The molecule has 0 amide bonds. The van der Waals surface area contributed by atoms with Crippen LogP contribution in [0.25, 0.3) is 0 Å². The first-order valence-corrected chi connectivity index (χ1v) is 11.4. The number of benzene rings is 2. The largest absolute Gasteiger partial charge is 0.494 e. The van der Waals surface area contributed by atoms with Gasteiger partial charge in [-0.15, -0.1) is 0 Å². The highest BCUT2D eigenvalue weighted by Crippen LogP contribution is 2.34. The summed E-state index contributed by atoms with van der Waals surface area (Å²) in [6, 6.07) is 9.55. The predicted octanol–water partition coefficient (Wildman–Crippen LogP) is 4.41. The standard InChI is InChI=1S/C20H16ClF4N5O5S/c1-30(35-19(31)20(23,24)25)36(32,33)16-8-14(15(34-2)7-13(16)22)29-18-9-17(26-10-27-18)28-12-5-3-11(21)4-6-12/h3-10H,1-2H3,(H2,26,27,28,29). The van der Waals surface area contributed by atoms with Gasteiger partial charge in [0.05, 0.1) is 12.8 Å². The van der Waals surface area contributed by atoms with Crippen LogP contribution in [0.15, 0.2) is 53.7 Å². The number of carbonyl (C=O) groups is 1. The van der Waals surface area contributed by atoms with E-state index >= 15 is 0 Å². The number of anilines is 4. The van der Waals surface area contributed by atoms with E-state index in [0.29, 0.717) is 29.6 Å². The normalized spacial score (nSPS) is 11.8. The third kappa shape index (κ3) is 6.30. The first kappa shape index (κ1) is 26.9. The van der Waals surface area contributed by atoms with Gasteiger partial charge in [-0.1, -0.05) is 11.6 Å². The Bertz CT molecular complexity index is 1370. The highest BCUT2D eigenvalue weighted by Gasteiger charge is 2.44. The van der Waals surface area contributed by atoms with Gasteiger partial charge in [0.25, 0.3) is 10.0 Å². The maximum Gasteiger partial charge on any atom is 0.492 e. The van der Waals surface area contributed by atoms with Crippen LogP contribution < -0.4 is 15.4 Å². The van der Waals surface area contributed by atoms with E-state index in [1.54, 1.807) is 24.3 Å². The first-order valence-electron chi connectivity index (χ1n) is 9.58. The number of ether oxygens (including phenoxy) is 1. The fraction of sp³-hybridized carbons (Fsp3) is 0.150. The fourth-order valence-corrected chi connectivity index (χ4v) is 3.81. The van der Waals surface area contributed by atoms with Gasteiger partial charge in [-0.3, -0.25) is 0 Å². The molecule has 2 aromatic carbocycles. The van der Waals surface area contributed by atoms with Crippen LogP contribution >= 0.6 is 11.6 Å². The maximum absolute atomic E-state index is 14.6. The molecule has 0 fully saturated rings. The number of alkyl halides is 3. The minimum atomic E-state index is -5.47. The second-order valence-corrected chi connectivity index (χ2v) is 9.16. The van der Waals surface area contributed by atoms with Crippen molar-refractivity contribution in [2.45, 2.75) is 11.1 Å². The molecule has 1 aromatic heterocycles. The van der Waals surface area contributed by atoms with Crippen molar-refractivity contribution < 1.29 is 40.3 Å². The van der Waals surface area contributed by atoms with Crippen LogP contribution in [-0.2, 0) is 19.7 Å². The van der Waals surface area contributed by atoms with Gasteiger partial charge in [-0.05, 0) is 34.8 Å². The minimum absolute atomic E-state index is 0.117. The summed E-state index contributed by atoms with van der Waals surface area (Å²) < 4.78 is 81.9. The van der Waals surface area contributed by atoms with Crippen molar-refractivity contribution in [1.82, 2.24) is 14.4 Å². The highest BCUT2D eigenvalue weighted by atomic mass is 35.5. The van der Waals surface area contributed by atoms with Crippen LogP contribution in [0.1, 0.15) is 0 Å². The second-order valence-electron chi connectivity index (χ2n) is 6.82. The SMILES string of the molecule is COc1cc(F)c(S(=O)(=O)N(C)OC(=O)C(F)(F)F)cc1Nc1cc(Nc2ccc(Cl)cc2)ncn1. The minimum Gasteiger partial charge on any atom is -0.494 e. The van der Waals surface area contributed by atoms with Crippen LogP contribution in [-0.4, -0.2) is 49.2 Å². The van der Waals surface area contributed by atoms with E-state index in [2.05, 4.69) is 25.4 Å². The molecule has 16 heteroatoms. The Morgan fingerprint density at radius 2 is 1.67 bits per heavy atom. The van der Waals surface area contributed by atoms with Gasteiger partial charge < -0.3 is 20.2 Å². The summed E-state index contributed by atoms with van der Waals surface area (Å²) in [5.41, 5.74) is 0.525. The lowest BCUT2D eigenvalue weighted by Gasteiger charge is -2.19. The third-order valence-corrected chi connectivity index (χ3v) is 6.23. The monoisotopic (exact) mass is 549 g/mol. The van der Waals surface area contributed by atoms with Crippen LogP contribution in [0, 0.1) is 5.82 Å². The van der Waals surface area contributed by atoms with Crippen molar-refractivity contribution >= 4 is 50.6 Å². The quantitative estimate of drug-likeness (QED) is 0.311. The van der Waals surface area contributed by atoms with Gasteiger partial charge in [-0.25, -0.2) is 27.6 Å². The topological polar surface area (TPSA) is 123 Å². The second kappa shape index (κ2) is 10.5. The molecular weight excluding hydrogens is 534 g/mol. The summed E-state index contributed by atoms with van der Waals surface area (Å²) in [5.74, 6) is -3.90. The predicted molar refractivity (Wildman–Crippen MR) is 120 cm³/mol. The van der Waals surface area contributed by atoms with Gasteiger partial charge >= 0.3 is 12.1 Å². The number of methoxy groups -OCH3 is 1. The average molecular weight is 550 g/mol. The fourth-order valence-electron chi connectivity index (χ4n) is 2.67. The smallest absolute Gasteiger partial charge is 0.492 e. The van der Waals surface area contributed by atoms with E-state index in [-0.39, 0.29) is 17.3 Å². The van der Waals surface area contributed by atoms with Gasteiger partial charge in [0.1, 0.15) is 34.4 Å². The van der Waals surface area contributed by atoms with Gasteiger partial charge in [0.15, 0.2) is 0 Å². The van der Waals surface area contributed by atoms with E-state index in [0.717, 1.165) is 6.07 Å². The molecule has 0 aliphatic carbocycles. The van der Waals surface area contributed by atoms with Crippen molar-refractivity contribution in [2.24, 2.45) is 0 Å². The molecule has 0 unspecified atom stereocenters. The molecule has 0 aliphatic rings. The van der Waals surface area contributed by atoms with E-state index in [4.69, 9.17) is 16.3 Å². The zero-order valence-corrected chi connectivity index (χ0v) is 19.9. The lowest BCUT2D eigenvalue weighted by atomic mass is 10.2. The average Bonchev–Trinajstić information content (AvgIpc) is 2.81. The molecule has 0 spiro atoms. The molecule has 3 aromatic rings. The van der Waals surface area contributed by atoms with E-state index in [1.807, 2.05) is 0 Å². The number of carbonyl (C=O) groups excluding carboxylic acids is 1. The van der Waals surface area contributed by atoms with Gasteiger partial charge in [0.2, 0.25) is 0 Å². The third-order valence-electron chi connectivity index (χ3n) is 4.36.